The lowest BCUT2D eigenvalue weighted by Crippen LogP contribution is -2.31. The first-order valence-corrected chi connectivity index (χ1v) is 9.38. The molecule has 29 heavy (non-hydrogen) atoms. The monoisotopic (exact) mass is 389 g/mol. The van der Waals surface area contributed by atoms with Gasteiger partial charge in [-0.1, -0.05) is 11.2 Å². The van der Waals surface area contributed by atoms with Crippen molar-refractivity contribution in [2.75, 3.05) is 5.32 Å². The summed E-state index contributed by atoms with van der Waals surface area (Å²) in [4.78, 5) is 13.5. The first-order valence-electron chi connectivity index (χ1n) is 9.38. The maximum Gasteiger partial charge on any atom is 0.229 e. The summed E-state index contributed by atoms with van der Waals surface area (Å²) in [5.41, 5.74) is 3.77. The molecule has 0 aliphatic heterocycles. The number of aliphatic hydroxyl groups is 1. The second kappa shape index (κ2) is 7.10. The van der Waals surface area contributed by atoms with Crippen LogP contribution >= 0.6 is 0 Å². The number of hydrogen-bond acceptors (Lipinski definition) is 8. The molecular weight excluding hydrogens is 370 g/mol. The lowest BCUT2D eigenvalue weighted by atomic mass is 9.90. The number of pyridine rings is 1. The van der Waals surface area contributed by atoms with Gasteiger partial charge in [-0.15, -0.1) is 0 Å². The van der Waals surface area contributed by atoms with Crippen molar-refractivity contribution in [3.05, 3.63) is 54.6 Å². The topological polar surface area (TPSA) is 115 Å². The number of hydrogen-bond donors (Lipinski definition) is 2. The number of aliphatic hydroxyl groups excluding tert-OH is 1. The zero-order valence-electron chi connectivity index (χ0n) is 15.7. The first-order chi connectivity index (χ1) is 14.2. The fraction of sp³-hybridized carbons (Fsp3) is 0.250. The van der Waals surface area contributed by atoms with Gasteiger partial charge in [-0.05, 0) is 38.0 Å². The Morgan fingerprint density at radius 3 is 2.62 bits per heavy atom. The van der Waals surface area contributed by atoms with E-state index in [1.54, 1.807) is 18.3 Å². The molecule has 1 fully saturated rings. The Hall–Kier alpha value is -3.59. The minimum Gasteiger partial charge on any atom is -0.393 e. The van der Waals surface area contributed by atoms with Crippen molar-refractivity contribution in [2.24, 2.45) is 0 Å². The first kappa shape index (κ1) is 17.5. The number of aromatic nitrogens is 6. The summed E-state index contributed by atoms with van der Waals surface area (Å²) < 4.78 is 6.80. The van der Waals surface area contributed by atoms with Crippen molar-refractivity contribution >= 4 is 11.8 Å². The highest BCUT2D eigenvalue weighted by Gasteiger charge is 2.29. The Labute approximate surface area is 166 Å². The van der Waals surface area contributed by atoms with Crippen molar-refractivity contribution in [3.8, 4) is 22.8 Å². The summed E-state index contributed by atoms with van der Waals surface area (Å²) in [5, 5.41) is 21.2. The van der Waals surface area contributed by atoms with Crippen LogP contribution in [0.4, 0.5) is 11.8 Å². The number of aryl methyl sites for hydroxylation is 1. The van der Waals surface area contributed by atoms with Crippen LogP contribution in [0.5, 0.6) is 0 Å². The normalized spacial score (nSPS) is 18.4. The Bertz CT molecular complexity index is 1130. The fourth-order valence-corrected chi connectivity index (χ4v) is 3.30. The minimum atomic E-state index is -0.221. The molecule has 4 aromatic rings. The quantitative estimate of drug-likeness (QED) is 0.535. The molecule has 1 aliphatic carbocycles. The van der Waals surface area contributed by atoms with E-state index in [4.69, 9.17) is 4.52 Å². The van der Waals surface area contributed by atoms with Crippen LogP contribution in [-0.2, 0) is 0 Å². The highest BCUT2D eigenvalue weighted by atomic mass is 16.5. The molecule has 5 rings (SSSR count). The molecule has 0 radical (unpaired) electrons. The molecule has 146 valence electrons. The molecular formula is C20H19N7O2. The Morgan fingerprint density at radius 1 is 1.07 bits per heavy atom. The second-order valence-electron chi connectivity index (χ2n) is 7.10. The van der Waals surface area contributed by atoms with Crippen molar-refractivity contribution in [3.63, 3.8) is 0 Å². The predicted molar refractivity (Wildman–Crippen MR) is 105 cm³/mol. The molecule has 0 spiro atoms. The highest BCUT2D eigenvalue weighted by molar-refractivity contribution is 5.62. The van der Waals surface area contributed by atoms with Gasteiger partial charge in [-0.2, -0.15) is 5.10 Å². The molecule has 4 aromatic heterocycles. The van der Waals surface area contributed by atoms with Crippen LogP contribution in [0.15, 0.2) is 53.5 Å². The summed E-state index contributed by atoms with van der Waals surface area (Å²) in [6.07, 6.45) is 6.43. The second-order valence-corrected chi connectivity index (χ2v) is 7.10. The van der Waals surface area contributed by atoms with E-state index in [-0.39, 0.29) is 12.1 Å². The largest absolute Gasteiger partial charge is 0.393 e. The molecule has 9 heteroatoms. The predicted octanol–water partition coefficient (Wildman–Crippen LogP) is 3.14. The van der Waals surface area contributed by atoms with Gasteiger partial charge in [0.1, 0.15) is 12.0 Å². The average molecular weight is 389 g/mol. The van der Waals surface area contributed by atoms with Gasteiger partial charge in [0.15, 0.2) is 5.82 Å². The van der Waals surface area contributed by atoms with E-state index >= 15 is 0 Å². The van der Waals surface area contributed by atoms with E-state index < -0.39 is 0 Å². The SMILES string of the molecule is Cc1cn(C2CC(O)C2)nc1Nc1nccc(-c2cccc(-c3ccon3)n2)n1. The van der Waals surface area contributed by atoms with E-state index in [1.165, 1.54) is 6.26 Å². The van der Waals surface area contributed by atoms with Crippen molar-refractivity contribution in [1.29, 1.82) is 0 Å². The van der Waals surface area contributed by atoms with Crippen LogP contribution in [0.1, 0.15) is 24.4 Å². The van der Waals surface area contributed by atoms with Gasteiger partial charge >= 0.3 is 0 Å². The summed E-state index contributed by atoms with van der Waals surface area (Å²) in [6, 6.07) is 9.48. The molecule has 0 bridgehead atoms. The van der Waals surface area contributed by atoms with Crippen molar-refractivity contribution < 1.29 is 9.63 Å². The molecule has 0 atom stereocenters. The van der Waals surface area contributed by atoms with Crippen LogP contribution in [0.2, 0.25) is 0 Å². The van der Waals surface area contributed by atoms with E-state index in [9.17, 15) is 5.11 Å². The maximum absolute atomic E-state index is 9.52. The number of nitrogens with zero attached hydrogens (tertiary/aromatic N) is 6. The van der Waals surface area contributed by atoms with Crippen molar-refractivity contribution in [2.45, 2.75) is 31.9 Å². The molecule has 1 saturated carbocycles. The van der Waals surface area contributed by atoms with Crippen LogP contribution < -0.4 is 5.32 Å². The van der Waals surface area contributed by atoms with Gasteiger partial charge in [0.25, 0.3) is 0 Å². The molecule has 4 heterocycles. The van der Waals surface area contributed by atoms with Gasteiger partial charge in [-0.3, -0.25) is 4.68 Å². The van der Waals surface area contributed by atoms with Crippen LogP contribution in [0.25, 0.3) is 22.8 Å². The van der Waals surface area contributed by atoms with Gasteiger partial charge < -0.3 is 14.9 Å². The molecule has 9 nitrogen and oxygen atoms in total. The highest BCUT2D eigenvalue weighted by Crippen LogP contribution is 2.33. The van der Waals surface area contributed by atoms with Gasteiger partial charge in [0, 0.05) is 24.0 Å². The van der Waals surface area contributed by atoms with E-state index in [2.05, 4.69) is 30.5 Å². The lowest BCUT2D eigenvalue weighted by Gasteiger charge is -2.31. The summed E-state index contributed by atoms with van der Waals surface area (Å²) >= 11 is 0. The molecule has 1 aliphatic rings. The molecule has 2 N–H and O–H groups in total. The van der Waals surface area contributed by atoms with E-state index in [0.717, 1.165) is 18.4 Å². The average Bonchev–Trinajstić information content (AvgIpc) is 3.37. The third kappa shape index (κ3) is 3.47. The smallest absolute Gasteiger partial charge is 0.229 e. The minimum absolute atomic E-state index is 0.221. The Balaban J connectivity index is 1.39. The summed E-state index contributed by atoms with van der Waals surface area (Å²) in [5.74, 6) is 1.14. The number of rotatable bonds is 5. The molecule has 0 aromatic carbocycles. The van der Waals surface area contributed by atoms with Gasteiger partial charge in [0.05, 0.1) is 29.2 Å². The number of nitrogens with one attached hydrogen (secondary N) is 1. The third-order valence-corrected chi connectivity index (χ3v) is 4.97. The van der Waals surface area contributed by atoms with Crippen molar-refractivity contribution in [1.82, 2.24) is 29.9 Å². The van der Waals surface area contributed by atoms with Crippen LogP contribution in [0.3, 0.4) is 0 Å². The van der Waals surface area contributed by atoms with E-state index in [0.29, 0.717) is 34.5 Å². The maximum atomic E-state index is 9.52. The third-order valence-electron chi connectivity index (χ3n) is 4.97. The molecule has 0 saturated heterocycles. The lowest BCUT2D eigenvalue weighted by molar-refractivity contribution is 0.0435. The molecule has 0 unspecified atom stereocenters. The summed E-state index contributed by atoms with van der Waals surface area (Å²) in [6.45, 7) is 1.98. The standard InChI is InChI=1S/C20H19N7O2/c1-12-11-27(13-9-14(28)10-13)25-19(12)24-20-21-7-5-17(23-20)15-3-2-4-16(22-15)18-6-8-29-26-18/h2-8,11,13-14,28H,9-10H2,1H3,(H,21,23,24,25). The zero-order valence-corrected chi connectivity index (χ0v) is 15.7. The Kier molecular flexibility index (Phi) is 4.28. The van der Waals surface area contributed by atoms with Crippen LogP contribution in [0, 0.1) is 6.92 Å². The Morgan fingerprint density at radius 2 is 1.86 bits per heavy atom. The number of anilines is 2. The van der Waals surface area contributed by atoms with E-state index in [1.807, 2.05) is 36.0 Å². The summed E-state index contributed by atoms with van der Waals surface area (Å²) in [7, 11) is 0. The molecule has 0 amide bonds. The fourth-order valence-electron chi connectivity index (χ4n) is 3.30. The van der Waals surface area contributed by atoms with Gasteiger partial charge in [0.2, 0.25) is 5.95 Å². The van der Waals surface area contributed by atoms with Gasteiger partial charge in [-0.25, -0.2) is 15.0 Å². The van der Waals surface area contributed by atoms with Crippen LogP contribution in [-0.4, -0.2) is 41.1 Å². The zero-order chi connectivity index (χ0) is 19.8.